The van der Waals surface area contributed by atoms with Gasteiger partial charge in [-0.05, 0) is 19.1 Å². The molecule has 138 valence electrons. The van der Waals surface area contributed by atoms with Gasteiger partial charge in [0.15, 0.2) is 11.5 Å². The minimum Gasteiger partial charge on any atom is -0.357 e. The molecule has 1 heterocycles. The quantitative estimate of drug-likeness (QED) is 0.561. The molecule has 10 heteroatoms. The van der Waals surface area contributed by atoms with Gasteiger partial charge in [-0.3, -0.25) is 14.5 Å². The highest BCUT2D eigenvalue weighted by molar-refractivity contribution is 7.81. The van der Waals surface area contributed by atoms with Crippen LogP contribution in [0.5, 0.6) is 5.75 Å². The maximum atomic E-state index is 13.1. The summed E-state index contributed by atoms with van der Waals surface area (Å²) in [7, 11) is -5.30. The van der Waals surface area contributed by atoms with Gasteiger partial charge in [-0.2, -0.15) is 8.42 Å². The Morgan fingerprint density at radius 1 is 1.20 bits per heavy atom. The number of nitrogens with zero attached hydrogens (tertiary/aromatic N) is 2. The van der Waals surface area contributed by atoms with Crippen molar-refractivity contribution in [1.29, 1.82) is 0 Å². The van der Waals surface area contributed by atoms with Crippen LogP contribution in [0.4, 0.5) is 3.89 Å². The number of hydrogen-bond acceptors (Lipinski definition) is 6. The van der Waals surface area contributed by atoms with Gasteiger partial charge in [0.05, 0.1) is 5.56 Å². The summed E-state index contributed by atoms with van der Waals surface area (Å²) in [5.41, 5.74) is 0.182. The Labute approximate surface area is 150 Å². The number of carbonyl (C=O) groups excluding carboxylic acids is 2. The van der Waals surface area contributed by atoms with Gasteiger partial charge in [0, 0.05) is 50.2 Å². The van der Waals surface area contributed by atoms with Crippen LogP contribution in [-0.2, 0) is 21.8 Å². The van der Waals surface area contributed by atoms with E-state index in [1.807, 2.05) is 4.90 Å². The van der Waals surface area contributed by atoms with E-state index in [-0.39, 0.29) is 34.4 Å². The van der Waals surface area contributed by atoms with E-state index in [1.54, 1.807) is 4.90 Å². The van der Waals surface area contributed by atoms with Gasteiger partial charge in [-0.25, -0.2) is 0 Å². The van der Waals surface area contributed by atoms with E-state index in [1.165, 1.54) is 26.0 Å². The first-order chi connectivity index (χ1) is 11.6. The molecule has 1 fully saturated rings. The first kappa shape index (κ1) is 19.6. The minimum absolute atomic E-state index is 0.0196. The third-order valence-electron chi connectivity index (χ3n) is 3.90. The molecular weight excluding hydrogens is 375 g/mol. The lowest BCUT2D eigenvalue weighted by atomic mass is 10.0. The molecule has 7 nitrogen and oxygen atoms in total. The predicted octanol–water partition coefficient (Wildman–Crippen LogP) is 1.80. The summed E-state index contributed by atoms with van der Waals surface area (Å²) in [5.74, 6) is -0.869. The minimum atomic E-state index is -5.30. The number of rotatable bonds is 5. The summed E-state index contributed by atoms with van der Waals surface area (Å²) < 4.78 is 39.3. The molecule has 1 aromatic rings. The molecule has 2 rings (SSSR count). The highest BCUT2D eigenvalue weighted by Gasteiger charge is 2.24. The Kier molecular flexibility index (Phi) is 6.02. The first-order valence-electron chi connectivity index (χ1n) is 7.52. The van der Waals surface area contributed by atoms with Crippen molar-refractivity contribution in [3.8, 4) is 5.75 Å². The van der Waals surface area contributed by atoms with Crippen molar-refractivity contribution in [2.45, 2.75) is 20.4 Å². The summed E-state index contributed by atoms with van der Waals surface area (Å²) in [4.78, 5) is 26.7. The summed E-state index contributed by atoms with van der Waals surface area (Å²) in [6.45, 7) is 5.03. The molecule has 0 aromatic heterocycles. The van der Waals surface area contributed by atoms with Crippen LogP contribution in [0.25, 0.3) is 0 Å². The fourth-order valence-electron chi connectivity index (χ4n) is 2.69. The molecule has 0 atom stereocenters. The normalized spacial score (nSPS) is 15.9. The second kappa shape index (κ2) is 7.67. The molecule has 0 bridgehead atoms. The Hall–Kier alpha value is -1.71. The van der Waals surface area contributed by atoms with Crippen LogP contribution in [0, 0.1) is 0 Å². The lowest BCUT2D eigenvalue weighted by molar-refractivity contribution is -0.130. The second-order valence-corrected chi connectivity index (χ2v) is 7.15. The van der Waals surface area contributed by atoms with E-state index >= 15 is 0 Å². The van der Waals surface area contributed by atoms with E-state index in [9.17, 15) is 21.9 Å². The first-order valence-corrected chi connectivity index (χ1v) is 9.21. The molecule has 1 aliphatic rings. The fraction of sp³-hybridized carbons (Fsp3) is 0.467. The Morgan fingerprint density at radius 3 is 2.28 bits per heavy atom. The number of carbonyl (C=O) groups is 2. The fourth-order valence-corrected chi connectivity index (χ4v) is 3.33. The Balaban J connectivity index is 2.30. The standard InChI is InChI=1S/C15H18ClFN2O5S/c1-10(20)14-8-13(16)7-12(15(14)24-25(17,22)23)9-18-3-5-19(6-4-18)11(2)21/h7-8H,3-6,9H2,1-2H3. The second-order valence-electron chi connectivity index (χ2n) is 5.76. The zero-order chi connectivity index (χ0) is 18.8. The molecular formula is C15H18ClFN2O5S. The number of piperazine rings is 1. The van der Waals surface area contributed by atoms with Crippen LogP contribution in [0.1, 0.15) is 29.8 Å². The van der Waals surface area contributed by atoms with E-state index in [0.29, 0.717) is 26.2 Å². The Morgan fingerprint density at radius 2 is 1.80 bits per heavy atom. The zero-order valence-electron chi connectivity index (χ0n) is 13.8. The number of halogens is 2. The van der Waals surface area contributed by atoms with Crippen molar-refractivity contribution >= 4 is 33.8 Å². The summed E-state index contributed by atoms with van der Waals surface area (Å²) in [6.07, 6.45) is 0. The van der Waals surface area contributed by atoms with Crippen molar-refractivity contribution in [3.05, 3.63) is 28.3 Å². The van der Waals surface area contributed by atoms with Gasteiger partial charge in [0.1, 0.15) is 0 Å². The van der Waals surface area contributed by atoms with Gasteiger partial charge >= 0.3 is 10.5 Å². The van der Waals surface area contributed by atoms with Crippen LogP contribution in [0.2, 0.25) is 5.02 Å². The van der Waals surface area contributed by atoms with Gasteiger partial charge in [-0.1, -0.05) is 15.5 Å². The van der Waals surface area contributed by atoms with Gasteiger partial charge < -0.3 is 9.08 Å². The van der Waals surface area contributed by atoms with Crippen molar-refractivity contribution in [3.63, 3.8) is 0 Å². The summed E-state index contributed by atoms with van der Waals surface area (Å²) in [5, 5.41) is 0.214. The maximum Gasteiger partial charge on any atom is 0.488 e. The molecule has 0 saturated carbocycles. The lowest BCUT2D eigenvalue weighted by Crippen LogP contribution is -2.47. The molecule has 0 radical (unpaired) electrons. The SMILES string of the molecule is CC(=O)c1cc(Cl)cc(CN2CCN(C(C)=O)CC2)c1OS(=O)(=O)F. The number of amides is 1. The molecule has 0 unspecified atom stereocenters. The smallest absolute Gasteiger partial charge is 0.357 e. The largest absolute Gasteiger partial charge is 0.488 e. The average molecular weight is 393 g/mol. The van der Waals surface area contributed by atoms with Crippen LogP contribution < -0.4 is 4.18 Å². The number of ketones is 1. The van der Waals surface area contributed by atoms with Gasteiger partial charge in [0.2, 0.25) is 5.91 Å². The molecule has 0 spiro atoms. The molecule has 1 amide bonds. The maximum absolute atomic E-state index is 13.1. The van der Waals surface area contributed by atoms with Crippen LogP contribution in [-0.4, -0.2) is 56.1 Å². The Bertz CT molecular complexity index is 791. The molecule has 1 saturated heterocycles. The molecule has 25 heavy (non-hydrogen) atoms. The van der Waals surface area contributed by atoms with Gasteiger partial charge in [0.25, 0.3) is 0 Å². The van der Waals surface area contributed by atoms with Crippen molar-refractivity contribution in [2.75, 3.05) is 26.2 Å². The lowest BCUT2D eigenvalue weighted by Gasteiger charge is -2.34. The molecule has 0 aliphatic carbocycles. The highest BCUT2D eigenvalue weighted by atomic mass is 35.5. The topological polar surface area (TPSA) is 84.0 Å². The predicted molar refractivity (Wildman–Crippen MR) is 89.6 cm³/mol. The third kappa shape index (κ3) is 5.38. The number of benzene rings is 1. The number of hydrogen-bond donors (Lipinski definition) is 0. The molecule has 1 aliphatic heterocycles. The van der Waals surface area contributed by atoms with Crippen molar-refractivity contribution in [2.24, 2.45) is 0 Å². The summed E-state index contributed by atoms with van der Waals surface area (Å²) in [6, 6.07) is 2.67. The zero-order valence-corrected chi connectivity index (χ0v) is 15.4. The number of Topliss-reactive ketones (excluding diaryl/α,β-unsaturated/α-hetero) is 1. The highest BCUT2D eigenvalue weighted by Crippen LogP contribution is 2.31. The third-order valence-corrected chi connectivity index (χ3v) is 4.49. The van der Waals surface area contributed by atoms with Crippen molar-refractivity contribution < 1.29 is 26.1 Å². The van der Waals surface area contributed by atoms with Gasteiger partial charge in [-0.15, -0.1) is 0 Å². The van der Waals surface area contributed by atoms with E-state index in [4.69, 9.17) is 11.6 Å². The van der Waals surface area contributed by atoms with E-state index in [2.05, 4.69) is 4.18 Å². The van der Waals surface area contributed by atoms with Crippen LogP contribution in [0.15, 0.2) is 12.1 Å². The van der Waals surface area contributed by atoms with E-state index in [0.717, 1.165) is 0 Å². The van der Waals surface area contributed by atoms with Crippen LogP contribution >= 0.6 is 11.6 Å². The molecule has 1 aromatic carbocycles. The molecule has 0 N–H and O–H groups in total. The van der Waals surface area contributed by atoms with Crippen LogP contribution in [0.3, 0.4) is 0 Å². The van der Waals surface area contributed by atoms with Crippen molar-refractivity contribution in [1.82, 2.24) is 9.80 Å². The average Bonchev–Trinajstić information content (AvgIpc) is 2.48. The summed E-state index contributed by atoms with van der Waals surface area (Å²) >= 11 is 6.00. The monoisotopic (exact) mass is 392 g/mol. The van der Waals surface area contributed by atoms with E-state index < -0.39 is 16.3 Å².